The number of amides is 2. The fourth-order valence-corrected chi connectivity index (χ4v) is 4.27. The number of ether oxygens (including phenoxy) is 1. The van der Waals surface area contributed by atoms with E-state index in [0.717, 1.165) is 22.3 Å². The number of carbonyl (C=O) groups is 3. The van der Waals surface area contributed by atoms with E-state index < -0.39 is 30.1 Å². The van der Waals surface area contributed by atoms with E-state index in [1.165, 1.54) is 10.9 Å². The zero-order valence-electron chi connectivity index (χ0n) is 19.0. The minimum Gasteiger partial charge on any atom is -0.480 e. The molecule has 9 heteroatoms. The van der Waals surface area contributed by atoms with Crippen LogP contribution < -0.4 is 10.6 Å². The van der Waals surface area contributed by atoms with Gasteiger partial charge in [0, 0.05) is 25.6 Å². The summed E-state index contributed by atoms with van der Waals surface area (Å²) in [6.45, 7) is 0.0639. The smallest absolute Gasteiger partial charge is 0.408 e. The summed E-state index contributed by atoms with van der Waals surface area (Å²) in [7, 11) is 1.60. The van der Waals surface area contributed by atoms with Gasteiger partial charge in [-0.25, -0.2) is 9.59 Å². The van der Waals surface area contributed by atoms with Crippen molar-refractivity contribution >= 4 is 18.0 Å². The maximum Gasteiger partial charge on any atom is 0.408 e. The number of aliphatic carboxylic acids is 1. The number of hydrogen-bond acceptors (Lipinski definition) is 5. The largest absolute Gasteiger partial charge is 0.480 e. The van der Waals surface area contributed by atoms with Gasteiger partial charge in [0.1, 0.15) is 12.6 Å². The standard InChI is InChI=1S/C26H24N4O5/c1-3-8-21(25(32)33)28-24(31)23(22-13-14-27-30(22)2)29-26(34)35-15-20-18-11-6-4-9-16(18)17-10-5-7-12-19(17)20/h1,4-7,9-14,20-21,23H,8,15H2,2H3,(H,28,31)(H,29,34)(H,32,33). The predicted molar refractivity (Wildman–Crippen MR) is 127 cm³/mol. The molecule has 0 saturated carbocycles. The van der Waals surface area contributed by atoms with Crippen molar-refractivity contribution in [3.05, 3.63) is 77.6 Å². The number of aryl methyl sites for hydroxylation is 1. The average molecular weight is 473 g/mol. The Morgan fingerprint density at radius 2 is 1.71 bits per heavy atom. The second-order valence-corrected chi connectivity index (χ2v) is 8.09. The average Bonchev–Trinajstić information content (AvgIpc) is 3.41. The van der Waals surface area contributed by atoms with Crippen molar-refractivity contribution in [3.63, 3.8) is 0 Å². The molecular weight excluding hydrogens is 448 g/mol. The molecular formula is C26H24N4O5. The molecule has 1 aromatic heterocycles. The van der Waals surface area contributed by atoms with Gasteiger partial charge in [-0.2, -0.15) is 5.10 Å². The third-order valence-electron chi connectivity index (χ3n) is 5.96. The van der Waals surface area contributed by atoms with Gasteiger partial charge >= 0.3 is 12.1 Å². The molecule has 0 spiro atoms. The Hall–Kier alpha value is -4.58. The molecule has 2 aromatic carbocycles. The van der Waals surface area contributed by atoms with E-state index in [1.807, 2.05) is 48.5 Å². The van der Waals surface area contributed by atoms with Gasteiger partial charge in [0.25, 0.3) is 0 Å². The number of rotatable bonds is 8. The van der Waals surface area contributed by atoms with Crippen molar-refractivity contribution < 1.29 is 24.2 Å². The molecule has 3 aromatic rings. The number of benzene rings is 2. The van der Waals surface area contributed by atoms with Crippen molar-refractivity contribution in [1.82, 2.24) is 20.4 Å². The molecule has 2 amide bonds. The minimum atomic E-state index is -1.30. The fraction of sp³-hybridized carbons (Fsp3) is 0.231. The summed E-state index contributed by atoms with van der Waals surface area (Å²) in [5, 5.41) is 18.3. The number of aromatic nitrogens is 2. The van der Waals surface area contributed by atoms with Crippen LogP contribution in [0.2, 0.25) is 0 Å². The molecule has 0 fully saturated rings. The van der Waals surface area contributed by atoms with Crippen LogP contribution in [-0.2, 0) is 21.4 Å². The van der Waals surface area contributed by atoms with Gasteiger partial charge in [0.15, 0.2) is 6.04 Å². The monoisotopic (exact) mass is 472 g/mol. The molecule has 35 heavy (non-hydrogen) atoms. The Bertz CT molecular complexity index is 1260. The Balaban J connectivity index is 1.49. The van der Waals surface area contributed by atoms with Crippen LogP contribution in [0, 0.1) is 12.3 Å². The summed E-state index contributed by atoms with van der Waals surface area (Å²) in [5.74, 6) is 0.0518. The summed E-state index contributed by atoms with van der Waals surface area (Å²) in [6.07, 6.45) is 5.65. The zero-order chi connectivity index (χ0) is 24.9. The SMILES string of the molecule is C#CCC(NC(=O)C(NC(=O)OCC1c2ccccc2-c2ccccc21)c1ccnn1C)C(=O)O. The summed E-state index contributed by atoms with van der Waals surface area (Å²) in [4.78, 5) is 37.2. The molecule has 0 aliphatic heterocycles. The third kappa shape index (κ3) is 4.87. The van der Waals surface area contributed by atoms with Gasteiger partial charge in [-0.05, 0) is 28.3 Å². The first kappa shape index (κ1) is 23.6. The summed E-state index contributed by atoms with van der Waals surface area (Å²) >= 11 is 0. The highest BCUT2D eigenvalue weighted by Gasteiger charge is 2.32. The van der Waals surface area contributed by atoms with Gasteiger partial charge < -0.3 is 20.5 Å². The number of alkyl carbamates (subject to hydrolysis) is 1. The summed E-state index contributed by atoms with van der Waals surface area (Å²) < 4.78 is 6.96. The molecule has 1 aliphatic rings. The molecule has 0 bridgehead atoms. The van der Waals surface area contributed by atoms with E-state index in [-0.39, 0.29) is 18.9 Å². The maximum absolute atomic E-state index is 13.0. The lowest BCUT2D eigenvalue weighted by Gasteiger charge is -2.21. The van der Waals surface area contributed by atoms with Gasteiger partial charge in [-0.3, -0.25) is 9.48 Å². The number of terminal acetylenes is 1. The molecule has 1 aliphatic carbocycles. The van der Waals surface area contributed by atoms with Crippen LogP contribution in [-0.4, -0.2) is 45.5 Å². The number of hydrogen-bond donors (Lipinski definition) is 3. The molecule has 2 atom stereocenters. The zero-order valence-corrected chi connectivity index (χ0v) is 19.0. The van der Waals surface area contributed by atoms with E-state index in [0.29, 0.717) is 5.69 Å². The Kier molecular flexibility index (Phi) is 6.83. The second kappa shape index (κ2) is 10.1. The number of nitrogens with zero attached hydrogens (tertiary/aromatic N) is 2. The topological polar surface area (TPSA) is 123 Å². The van der Waals surface area contributed by atoms with Crippen LogP contribution in [0.3, 0.4) is 0 Å². The first-order valence-corrected chi connectivity index (χ1v) is 11.0. The van der Waals surface area contributed by atoms with Crippen molar-refractivity contribution in [2.75, 3.05) is 6.61 Å². The molecule has 0 radical (unpaired) electrons. The van der Waals surface area contributed by atoms with Crippen molar-refractivity contribution in [1.29, 1.82) is 0 Å². The predicted octanol–water partition coefficient (Wildman–Crippen LogP) is 2.59. The molecule has 4 rings (SSSR count). The fourth-order valence-electron chi connectivity index (χ4n) is 4.27. The van der Waals surface area contributed by atoms with Gasteiger partial charge in [0.2, 0.25) is 5.91 Å². The normalized spacial score (nSPS) is 13.6. The van der Waals surface area contributed by atoms with Crippen LogP contribution in [0.1, 0.15) is 35.2 Å². The minimum absolute atomic E-state index is 0.0639. The van der Waals surface area contributed by atoms with Crippen LogP contribution in [0.15, 0.2) is 60.8 Å². The van der Waals surface area contributed by atoms with E-state index in [4.69, 9.17) is 11.2 Å². The van der Waals surface area contributed by atoms with Crippen LogP contribution in [0.5, 0.6) is 0 Å². The first-order chi connectivity index (χ1) is 16.9. The second-order valence-electron chi connectivity index (χ2n) is 8.09. The van der Waals surface area contributed by atoms with Gasteiger partial charge in [0.05, 0.1) is 5.69 Å². The first-order valence-electron chi connectivity index (χ1n) is 11.0. The lowest BCUT2D eigenvalue weighted by atomic mass is 9.98. The third-order valence-corrected chi connectivity index (χ3v) is 5.96. The summed E-state index contributed by atoms with van der Waals surface area (Å²) in [6, 6.07) is 14.9. The number of nitrogens with one attached hydrogen (secondary N) is 2. The van der Waals surface area contributed by atoms with E-state index in [2.05, 4.69) is 21.7 Å². The van der Waals surface area contributed by atoms with Crippen molar-refractivity contribution in [3.8, 4) is 23.5 Å². The highest BCUT2D eigenvalue weighted by Crippen LogP contribution is 2.44. The van der Waals surface area contributed by atoms with Gasteiger partial charge in [-0.15, -0.1) is 12.3 Å². The quantitative estimate of drug-likeness (QED) is 0.433. The molecule has 2 unspecified atom stereocenters. The maximum atomic E-state index is 13.0. The van der Waals surface area contributed by atoms with Crippen LogP contribution in [0.25, 0.3) is 11.1 Å². The molecule has 1 heterocycles. The Morgan fingerprint density at radius 3 is 2.26 bits per heavy atom. The number of carboxylic acids is 1. The highest BCUT2D eigenvalue weighted by atomic mass is 16.5. The Labute approximate surface area is 202 Å². The lowest BCUT2D eigenvalue weighted by Crippen LogP contribution is -2.47. The summed E-state index contributed by atoms with van der Waals surface area (Å²) in [5.41, 5.74) is 4.65. The molecule has 178 valence electrons. The molecule has 9 nitrogen and oxygen atoms in total. The number of carboxylic acid groups (broad SMARTS) is 1. The number of carbonyl (C=O) groups excluding carboxylic acids is 2. The number of fused-ring (bicyclic) bond motifs is 3. The van der Waals surface area contributed by atoms with E-state index in [1.54, 1.807) is 13.1 Å². The van der Waals surface area contributed by atoms with E-state index >= 15 is 0 Å². The van der Waals surface area contributed by atoms with Crippen LogP contribution in [0.4, 0.5) is 4.79 Å². The van der Waals surface area contributed by atoms with Crippen LogP contribution >= 0.6 is 0 Å². The van der Waals surface area contributed by atoms with E-state index in [9.17, 15) is 19.5 Å². The highest BCUT2D eigenvalue weighted by molar-refractivity contribution is 5.90. The molecule has 3 N–H and O–H groups in total. The molecule has 0 saturated heterocycles. The van der Waals surface area contributed by atoms with Gasteiger partial charge in [-0.1, -0.05) is 48.5 Å². The van der Waals surface area contributed by atoms with Crippen molar-refractivity contribution in [2.24, 2.45) is 7.05 Å². The van der Waals surface area contributed by atoms with Crippen molar-refractivity contribution in [2.45, 2.75) is 24.4 Å². The lowest BCUT2D eigenvalue weighted by molar-refractivity contribution is -0.142. The Morgan fingerprint density at radius 1 is 1.09 bits per heavy atom.